The predicted molar refractivity (Wildman–Crippen MR) is 95.5 cm³/mol. The molecular weight excluding hydrogens is 318 g/mol. The molecule has 5 heteroatoms. The van der Waals surface area contributed by atoms with E-state index in [0.29, 0.717) is 5.56 Å². The first-order chi connectivity index (χ1) is 12.0. The van der Waals surface area contributed by atoms with Crippen LogP contribution in [0.4, 0.5) is 0 Å². The third-order valence-corrected chi connectivity index (χ3v) is 4.27. The highest BCUT2D eigenvalue weighted by atomic mass is 16.5. The van der Waals surface area contributed by atoms with Gasteiger partial charge in [0.25, 0.3) is 0 Å². The molecule has 136 valence electrons. The van der Waals surface area contributed by atoms with E-state index in [9.17, 15) is 14.4 Å². The van der Waals surface area contributed by atoms with Gasteiger partial charge in [0, 0.05) is 24.9 Å². The minimum absolute atomic E-state index is 0.0114. The molecule has 0 spiro atoms. The molecule has 0 radical (unpaired) electrons. The number of hydrogen-bond acceptors (Lipinski definition) is 4. The van der Waals surface area contributed by atoms with E-state index in [1.54, 1.807) is 13.8 Å². The number of amides is 1. The van der Waals surface area contributed by atoms with Gasteiger partial charge in [0.15, 0.2) is 5.78 Å². The van der Waals surface area contributed by atoms with Crippen LogP contribution in [0.15, 0.2) is 18.2 Å². The van der Waals surface area contributed by atoms with Crippen molar-refractivity contribution in [2.45, 2.75) is 64.9 Å². The van der Waals surface area contributed by atoms with Crippen LogP contribution >= 0.6 is 0 Å². The Hall–Kier alpha value is -2.17. The monoisotopic (exact) mass is 345 g/mol. The molecule has 0 saturated heterocycles. The van der Waals surface area contributed by atoms with Crippen molar-refractivity contribution in [3.8, 4) is 0 Å². The van der Waals surface area contributed by atoms with Crippen molar-refractivity contribution in [2.75, 3.05) is 6.54 Å². The third-order valence-electron chi connectivity index (χ3n) is 4.27. The molecule has 0 bridgehead atoms. The number of ketones is 1. The lowest BCUT2D eigenvalue weighted by Gasteiger charge is -2.16. The summed E-state index contributed by atoms with van der Waals surface area (Å²) in [5.74, 6) is -0.563. The predicted octanol–water partition coefficient (Wildman–Crippen LogP) is 2.99. The molecule has 1 aliphatic carbocycles. The SMILES string of the molecule is CC(C)OC(=O)CCNC(=O)CCC(=O)c1ccc2c(c1)CCCC2. The number of carbonyl (C=O) groups excluding carboxylic acids is 3. The number of rotatable bonds is 8. The number of hydrogen-bond donors (Lipinski definition) is 1. The lowest BCUT2D eigenvalue weighted by molar-refractivity contribution is -0.147. The molecule has 2 rings (SSSR count). The Balaban J connectivity index is 1.72. The van der Waals surface area contributed by atoms with E-state index in [1.165, 1.54) is 24.0 Å². The lowest BCUT2D eigenvalue weighted by atomic mass is 9.89. The fourth-order valence-electron chi connectivity index (χ4n) is 2.99. The molecule has 1 amide bonds. The first-order valence-electron chi connectivity index (χ1n) is 9.07. The number of Topliss-reactive ketones (excluding diaryl/α,β-unsaturated/α-hetero) is 1. The molecule has 1 aromatic carbocycles. The number of esters is 1. The van der Waals surface area contributed by atoms with Gasteiger partial charge in [0.05, 0.1) is 12.5 Å². The largest absolute Gasteiger partial charge is 0.463 e. The second kappa shape index (κ2) is 9.35. The average molecular weight is 345 g/mol. The van der Waals surface area contributed by atoms with Crippen LogP contribution in [-0.4, -0.2) is 30.3 Å². The summed E-state index contributed by atoms with van der Waals surface area (Å²) in [6.45, 7) is 3.79. The Labute approximate surface area is 149 Å². The van der Waals surface area contributed by atoms with Crippen LogP contribution in [0.5, 0.6) is 0 Å². The van der Waals surface area contributed by atoms with Crippen LogP contribution in [0.1, 0.15) is 67.4 Å². The molecule has 0 aromatic heterocycles. The molecule has 0 heterocycles. The van der Waals surface area contributed by atoms with E-state index in [0.717, 1.165) is 12.8 Å². The molecule has 1 aromatic rings. The Kier molecular flexibility index (Phi) is 7.16. The van der Waals surface area contributed by atoms with Crippen molar-refractivity contribution in [3.05, 3.63) is 34.9 Å². The average Bonchev–Trinajstić information content (AvgIpc) is 2.58. The van der Waals surface area contributed by atoms with Gasteiger partial charge >= 0.3 is 5.97 Å². The fraction of sp³-hybridized carbons (Fsp3) is 0.550. The number of fused-ring (bicyclic) bond motifs is 1. The molecular formula is C20H27NO4. The van der Waals surface area contributed by atoms with Gasteiger partial charge in [-0.1, -0.05) is 12.1 Å². The Morgan fingerprint density at radius 3 is 2.48 bits per heavy atom. The third kappa shape index (κ3) is 6.33. The summed E-state index contributed by atoms with van der Waals surface area (Å²) in [6, 6.07) is 5.89. The van der Waals surface area contributed by atoms with Gasteiger partial charge in [-0.25, -0.2) is 0 Å². The molecule has 0 unspecified atom stereocenters. The number of ether oxygens (including phenoxy) is 1. The Bertz CT molecular complexity index is 637. The zero-order chi connectivity index (χ0) is 18.2. The number of carbonyl (C=O) groups is 3. The molecule has 0 atom stereocenters. The van der Waals surface area contributed by atoms with Crippen molar-refractivity contribution in [1.82, 2.24) is 5.32 Å². The zero-order valence-electron chi connectivity index (χ0n) is 15.1. The minimum atomic E-state index is -0.333. The molecule has 0 saturated carbocycles. The van der Waals surface area contributed by atoms with Crippen LogP contribution in [0.3, 0.4) is 0 Å². The zero-order valence-corrected chi connectivity index (χ0v) is 15.1. The summed E-state index contributed by atoms with van der Waals surface area (Å²) in [5, 5.41) is 2.65. The topological polar surface area (TPSA) is 72.5 Å². The van der Waals surface area contributed by atoms with E-state index in [-0.39, 0.29) is 49.6 Å². The summed E-state index contributed by atoms with van der Waals surface area (Å²) in [5.41, 5.74) is 3.30. The van der Waals surface area contributed by atoms with Gasteiger partial charge in [0.1, 0.15) is 0 Å². The summed E-state index contributed by atoms with van der Waals surface area (Å²) in [4.78, 5) is 35.5. The smallest absolute Gasteiger partial charge is 0.307 e. The molecule has 25 heavy (non-hydrogen) atoms. The first-order valence-corrected chi connectivity index (χ1v) is 9.07. The van der Waals surface area contributed by atoms with E-state index in [1.807, 2.05) is 18.2 Å². The van der Waals surface area contributed by atoms with E-state index in [4.69, 9.17) is 4.74 Å². The summed E-state index contributed by atoms with van der Waals surface area (Å²) in [6.07, 6.45) is 4.81. The number of aryl methyl sites for hydroxylation is 2. The van der Waals surface area contributed by atoms with E-state index in [2.05, 4.69) is 5.32 Å². The van der Waals surface area contributed by atoms with E-state index >= 15 is 0 Å². The maximum absolute atomic E-state index is 12.3. The Morgan fingerprint density at radius 2 is 1.76 bits per heavy atom. The van der Waals surface area contributed by atoms with E-state index < -0.39 is 0 Å². The van der Waals surface area contributed by atoms with Gasteiger partial charge in [-0.2, -0.15) is 0 Å². The highest BCUT2D eigenvalue weighted by molar-refractivity contribution is 5.98. The Morgan fingerprint density at radius 1 is 1.04 bits per heavy atom. The second-order valence-corrected chi connectivity index (χ2v) is 6.75. The minimum Gasteiger partial charge on any atom is -0.463 e. The van der Waals surface area contributed by atoms with Gasteiger partial charge in [-0.05, 0) is 56.7 Å². The maximum atomic E-state index is 12.3. The van der Waals surface area contributed by atoms with Crippen molar-refractivity contribution < 1.29 is 19.1 Å². The molecule has 1 aliphatic rings. The first kappa shape index (κ1) is 19.2. The van der Waals surface area contributed by atoms with Gasteiger partial charge in [-0.3, -0.25) is 14.4 Å². The number of benzene rings is 1. The molecule has 1 N–H and O–H groups in total. The maximum Gasteiger partial charge on any atom is 0.307 e. The van der Waals surface area contributed by atoms with Gasteiger partial charge < -0.3 is 10.1 Å². The highest BCUT2D eigenvalue weighted by Gasteiger charge is 2.14. The lowest BCUT2D eigenvalue weighted by Crippen LogP contribution is -2.27. The van der Waals surface area contributed by atoms with Crippen LogP contribution in [0, 0.1) is 0 Å². The van der Waals surface area contributed by atoms with Crippen molar-refractivity contribution in [1.29, 1.82) is 0 Å². The summed E-state index contributed by atoms with van der Waals surface area (Å²) < 4.78 is 4.99. The second-order valence-electron chi connectivity index (χ2n) is 6.75. The normalized spacial score (nSPS) is 13.2. The molecule has 0 fully saturated rings. The molecule has 0 aliphatic heterocycles. The van der Waals surface area contributed by atoms with Gasteiger partial charge in [-0.15, -0.1) is 0 Å². The molecule has 5 nitrogen and oxygen atoms in total. The highest BCUT2D eigenvalue weighted by Crippen LogP contribution is 2.22. The summed E-state index contributed by atoms with van der Waals surface area (Å²) >= 11 is 0. The quantitative estimate of drug-likeness (QED) is 0.581. The van der Waals surface area contributed by atoms with Crippen LogP contribution < -0.4 is 5.32 Å². The van der Waals surface area contributed by atoms with Crippen LogP contribution in [0.2, 0.25) is 0 Å². The standard InChI is InChI=1S/C20H27NO4/c1-14(2)25-20(24)11-12-21-19(23)10-9-18(22)17-8-7-15-5-3-4-6-16(15)13-17/h7-8,13-14H,3-6,9-12H2,1-2H3,(H,21,23). The van der Waals surface area contributed by atoms with Crippen LogP contribution in [-0.2, 0) is 27.2 Å². The number of nitrogens with one attached hydrogen (secondary N) is 1. The van der Waals surface area contributed by atoms with Crippen molar-refractivity contribution in [2.24, 2.45) is 0 Å². The van der Waals surface area contributed by atoms with Gasteiger partial charge in [0.2, 0.25) is 5.91 Å². The van der Waals surface area contributed by atoms with Crippen molar-refractivity contribution in [3.63, 3.8) is 0 Å². The van der Waals surface area contributed by atoms with Crippen molar-refractivity contribution >= 4 is 17.7 Å². The van der Waals surface area contributed by atoms with Crippen LogP contribution in [0.25, 0.3) is 0 Å². The summed E-state index contributed by atoms with van der Waals surface area (Å²) in [7, 11) is 0. The fourth-order valence-corrected chi connectivity index (χ4v) is 2.99.